The van der Waals surface area contributed by atoms with Crippen LogP contribution in [-0.2, 0) is 16.8 Å². The summed E-state index contributed by atoms with van der Waals surface area (Å²) in [6.45, 7) is 0. The number of aromatic nitrogens is 1. The summed E-state index contributed by atoms with van der Waals surface area (Å²) in [5, 5.41) is 3.06. The zero-order valence-corrected chi connectivity index (χ0v) is 14.4. The van der Waals surface area contributed by atoms with Crippen molar-refractivity contribution < 1.29 is 4.79 Å². The Morgan fingerprint density at radius 1 is 1.04 bits per heavy atom. The van der Waals surface area contributed by atoms with E-state index in [2.05, 4.69) is 22.4 Å². The second-order valence-electron chi connectivity index (χ2n) is 6.28. The maximum Gasteiger partial charge on any atom is 0.248 e. The molecule has 1 amide bonds. The lowest BCUT2D eigenvalue weighted by molar-refractivity contribution is -0.111. The second-order valence-corrected chi connectivity index (χ2v) is 6.28. The number of carbonyl (C=O) groups is 1. The number of hydrogen-bond acceptors (Lipinski definition) is 2. The number of rotatable bonds is 5. The zero-order valence-electron chi connectivity index (χ0n) is 13.6. The third-order valence-corrected chi connectivity index (χ3v) is 4.78. The monoisotopic (exact) mass is 346 g/mol. The van der Waals surface area contributed by atoms with Gasteiger partial charge in [-0.25, -0.2) is 0 Å². The standard InChI is InChI=1S/C19H22N2O2.ClH/c22-14-20-19(11-5-2-6-12-19)16-9-10-18(23)21-17(16)13-15-7-3-1-4-8-15;/h1,3-4,7-10,14H,2,5-6,11-13H2,(H,20,22)(H,21,23);1H. The topological polar surface area (TPSA) is 62.0 Å². The molecule has 128 valence electrons. The Balaban J connectivity index is 0.00000208. The lowest BCUT2D eigenvalue weighted by Gasteiger charge is -2.38. The van der Waals surface area contributed by atoms with Crippen LogP contribution < -0.4 is 10.9 Å². The van der Waals surface area contributed by atoms with Crippen LogP contribution >= 0.6 is 12.4 Å². The van der Waals surface area contributed by atoms with Gasteiger partial charge in [-0.05, 0) is 30.0 Å². The van der Waals surface area contributed by atoms with Gasteiger partial charge in [-0.15, -0.1) is 12.4 Å². The molecule has 1 aliphatic carbocycles. The van der Waals surface area contributed by atoms with Crippen LogP contribution in [0, 0.1) is 0 Å². The van der Waals surface area contributed by atoms with Crippen LogP contribution in [0.5, 0.6) is 0 Å². The molecule has 0 radical (unpaired) electrons. The van der Waals surface area contributed by atoms with Crippen LogP contribution in [0.1, 0.15) is 48.9 Å². The molecule has 3 rings (SSSR count). The van der Waals surface area contributed by atoms with Gasteiger partial charge in [0.25, 0.3) is 0 Å². The van der Waals surface area contributed by atoms with Crippen molar-refractivity contribution in [3.8, 4) is 0 Å². The predicted octanol–water partition coefficient (Wildman–Crippen LogP) is 3.29. The van der Waals surface area contributed by atoms with E-state index in [9.17, 15) is 9.59 Å². The van der Waals surface area contributed by atoms with Gasteiger partial charge in [-0.3, -0.25) is 9.59 Å². The molecule has 1 aromatic carbocycles. The van der Waals surface area contributed by atoms with Crippen molar-refractivity contribution in [2.45, 2.75) is 44.1 Å². The van der Waals surface area contributed by atoms with Crippen LogP contribution in [0.2, 0.25) is 0 Å². The van der Waals surface area contributed by atoms with Crippen molar-refractivity contribution in [1.82, 2.24) is 10.3 Å². The van der Waals surface area contributed by atoms with Crippen molar-refractivity contribution in [2.24, 2.45) is 0 Å². The SMILES string of the molecule is Cl.O=CNC1(c2ccc(=O)[nH]c2Cc2ccccc2)CCCCC1. The summed E-state index contributed by atoms with van der Waals surface area (Å²) >= 11 is 0. The first kappa shape index (κ1) is 18.3. The number of hydrogen-bond donors (Lipinski definition) is 2. The minimum Gasteiger partial charge on any atom is -0.349 e. The number of aromatic amines is 1. The molecule has 1 heterocycles. The Labute approximate surface area is 148 Å². The van der Waals surface area contributed by atoms with Gasteiger partial charge in [-0.2, -0.15) is 0 Å². The summed E-state index contributed by atoms with van der Waals surface area (Å²) in [7, 11) is 0. The Morgan fingerprint density at radius 3 is 2.42 bits per heavy atom. The lowest BCUT2D eigenvalue weighted by atomic mass is 9.75. The average Bonchev–Trinajstić information content (AvgIpc) is 2.57. The minimum atomic E-state index is -0.353. The Hall–Kier alpha value is -2.07. The molecule has 0 bridgehead atoms. The maximum atomic E-state index is 11.8. The largest absolute Gasteiger partial charge is 0.349 e. The number of amides is 1. The number of halogens is 1. The van der Waals surface area contributed by atoms with Crippen LogP contribution in [0.15, 0.2) is 47.3 Å². The van der Waals surface area contributed by atoms with Gasteiger partial charge >= 0.3 is 0 Å². The number of nitrogens with one attached hydrogen (secondary N) is 2. The Bertz CT molecular complexity index is 722. The van der Waals surface area contributed by atoms with E-state index in [1.165, 1.54) is 6.42 Å². The molecule has 1 fully saturated rings. The molecular weight excluding hydrogens is 324 g/mol. The summed E-state index contributed by atoms with van der Waals surface area (Å²) in [5.41, 5.74) is 2.64. The molecule has 0 unspecified atom stereocenters. The summed E-state index contributed by atoms with van der Waals surface area (Å²) in [6, 6.07) is 13.5. The molecule has 24 heavy (non-hydrogen) atoms. The van der Waals surface area contributed by atoms with Gasteiger partial charge in [0, 0.05) is 18.2 Å². The first-order valence-electron chi connectivity index (χ1n) is 8.21. The Morgan fingerprint density at radius 2 is 1.75 bits per heavy atom. The highest BCUT2D eigenvalue weighted by Gasteiger charge is 2.35. The molecule has 1 aliphatic rings. The highest BCUT2D eigenvalue weighted by Crippen LogP contribution is 2.38. The number of benzene rings is 1. The van der Waals surface area contributed by atoms with Crippen LogP contribution in [0.4, 0.5) is 0 Å². The highest BCUT2D eigenvalue weighted by atomic mass is 35.5. The number of pyridine rings is 1. The molecule has 0 atom stereocenters. The van der Waals surface area contributed by atoms with Crippen LogP contribution in [0.25, 0.3) is 0 Å². The normalized spacial score (nSPS) is 16.0. The molecule has 2 N–H and O–H groups in total. The van der Waals surface area contributed by atoms with E-state index >= 15 is 0 Å². The summed E-state index contributed by atoms with van der Waals surface area (Å²) in [5.74, 6) is 0. The van der Waals surface area contributed by atoms with Crippen LogP contribution in [-0.4, -0.2) is 11.4 Å². The van der Waals surface area contributed by atoms with E-state index in [0.717, 1.165) is 48.9 Å². The quantitative estimate of drug-likeness (QED) is 0.816. The van der Waals surface area contributed by atoms with Gasteiger partial charge in [0.05, 0.1) is 5.54 Å². The molecule has 1 aromatic heterocycles. The average molecular weight is 347 g/mol. The van der Waals surface area contributed by atoms with Crippen molar-refractivity contribution in [2.75, 3.05) is 0 Å². The summed E-state index contributed by atoms with van der Waals surface area (Å²) in [4.78, 5) is 26.0. The van der Waals surface area contributed by atoms with Crippen molar-refractivity contribution in [3.63, 3.8) is 0 Å². The van der Waals surface area contributed by atoms with E-state index in [0.29, 0.717) is 6.42 Å². The van der Waals surface area contributed by atoms with E-state index < -0.39 is 0 Å². The third-order valence-electron chi connectivity index (χ3n) is 4.78. The predicted molar refractivity (Wildman–Crippen MR) is 97.5 cm³/mol. The molecular formula is C19H23ClN2O2. The second kappa shape index (κ2) is 8.15. The molecule has 0 saturated heterocycles. The lowest BCUT2D eigenvalue weighted by Crippen LogP contribution is -2.44. The highest BCUT2D eigenvalue weighted by molar-refractivity contribution is 5.85. The van der Waals surface area contributed by atoms with Gasteiger partial charge in [-0.1, -0.05) is 49.6 Å². The van der Waals surface area contributed by atoms with Gasteiger partial charge in [0.1, 0.15) is 0 Å². The third kappa shape index (κ3) is 3.88. The van der Waals surface area contributed by atoms with Gasteiger partial charge < -0.3 is 10.3 Å². The first-order valence-corrected chi connectivity index (χ1v) is 8.21. The molecule has 0 spiro atoms. The van der Waals surface area contributed by atoms with E-state index in [-0.39, 0.29) is 23.5 Å². The van der Waals surface area contributed by atoms with Crippen molar-refractivity contribution in [3.05, 3.63) is 69.6 Å². The van der Waals surface area contributed by atoms with Crippen LogP contribution in [0.3, 0.4) is 0 Å². The van der Waals surface area contributed by atoms with Crippen molar-refractivity contribution >= 4 is 18.8 Å². The van der Waals surface area contributed by atoms with E-state index in [1.54, 1.807) is 6.07 Å². The molecule has 4 nitrogen and oxygen atoms in total. The van der Waals surface area contributed by atoms with Gasteiger partial charge in [0.15, 0.2) is 0 Å². The number of H-pyrrole nitrogens is 1. The first-order chi connectivity index (χ1) is 11.2. The molecule has 5 heteroatoms. The number of carbonyl (C=O) groups excluding carboxylic acids is 1. The smallest absolute Gasteiger partial charge is 0.248 e. The fourth-order valence-electron chi connectivity index (χ4n) is 3.66. The molecule has 0 aliphatic heterocycles. The van der Waals surface area contributed by atoms with E-state index in [1.807, 2.05) is 24.3 Å². The fraction of sp³-hybridized carbons (Fsp3) is 0.368. The summed E-state index contributed by atoms with van der Waals surface area (Å²) < 4.78 is 0. The zero-order chi connectivity index (χ0) is 16.1. The van der Waals surface area contributed by atoms with Crippen molar-refractivity contribution in [1.29, 1.82) is 0 Å². The molecule has 2 aromatic rings. The minimum absolute atomic E-state index is 0. The maximum absolute atomic E-state index is 11.8. The summed E-state index contributed by atoms with van der Waals surface area (Å²) in [6.07, 6.45) is 6.66. The van der Waals surface area contributed by atoms with Gasteiger partial charge in [0.2, 0.25) is 12.0 Å². The fourth-order valence-corrected chi connectivity index (χ4v) is 3.66. The van der Waals surface area contributed by atoms with E-state index in [4.69, 9.17) is 0 Å². The Kier molecular flexibility index (Phi) is 6.21. The molecule has 1 saturated carbocycles.